The first kappa shape index (κ1) is 31.3. The third kappa shape index (κ3) is 25.6. The summed E-state index contributed by atoms with van der Waals surface area (Å²) in [6.45, 7) is 0. The van der Waals surface area contributed by atoms with Crippen molar-refractivity contribution >= 4 is 191 Å². The van der Waals surface area contributed by atoms with E-state index in [1.54, 1.807) is 0 Å². The predicted octanol–water partition coefficient (Wildman–Crippen LogP) is -3.18. The fraction of sp³-hybridized carbons (Fsp3) is 0. The SMILES string of the molecule is O=C(OS(=O)O)OS(=O)O.[KH].[KH].[NaH].[NaH]. The average Bonchev–Trinajstić information content (AvgIpc) is 1.58. The quantitative estimate of drug-likeness (QED) is 0.408. The Morgan fingerprint density at radius 3 is 1.29 bits per heavy atom. The summed E-state index contributed by atoms with van der Waals surface area (Å²) in [6, 6.07) is 0. The zero-order valence-electron chi connectivity index (χ0n) is 4.25. The van der Waals surface area contributed by atoms with Crippen molar-refractivity contribution in [1.82, 2.24) is 0 Å². The van der Waals surface area contributed by atoms with Gasteiger partial charge in [-0.15, -0.1) is 0 Å². The molecule has 0 saturated carbocycles. The van der Waals surface area contributed by atoms with Crippen molar-refractivity contribution in [3.8, 4) is 0 Å². The van der Waals surface area contributed by atoms with E-state index < -0.39 is 28.9 Å². The number of carbonyl (C=O) groups excluding carboxylic acids is 1. The third-order valence-electron chi connectivity index (χ3n) is 0.279. The van der Waals surface area contributed by atoms with E-state index in [2.05, 4.69) is 8.37 Å². The Kier molecular flexibility index (Phi) is 44.8. The molecule has 0 aromatic heterocycles. The van der Waals surface area contributed by atoms with Crippen molar-refractivity contribution in [3.63, 3.8) is 0 Å². The molecule has 0 amide bonds. The average molecular weight is 318 g/mol. The van der Waals surface area contributed by atoms with E-state index in [0.29, 0.717) is 0 Å². The number of hydrogen-bond acceptors (Lipinski definition) is 5. The minimum atomic E-state index is -2.83. The maximum absolute atomic E-state index is 9.91. The van der Waals surface area contributed by atoms with E-state index in [9.17, 15) is 13.2 Å². The summed E-state index contributed by atoms with van der Waals surface area (Å²) in [5.41, 5.74) is 0. The van der Waals surface area contributed by atoms with Crippen LogP contribution in [0, 0.1) is 0 Å². The standard InChI is InChI=1S/CH2O7S2.2K.2Na.4H/c2-1(7-9(3)4)8-10(5)6;;;;;;;;/h(H,3,4)(H,5,6);;;;;;;;. The summed E-state index contributed by atoms with van der Waals surface area (Å²) in [5, 5.41) is 0. The molecule has 0 aromatic carbocycles. The Balaban J connectivity index is -0.0000000675. The molecule has 0 aliphatic carbocycles. The molecule has 0 aliphatic heterocycles. The molecule has 0 saturated heterocycles. The van der Waals surface area contributed by atoms with Crippen LogP contribution in [0.4, 0.5) is 4.79 Å². The molecule has 2 atom stereocenters. The van der Waals surface area contributed by atoms with Gasteiger partial charge >= 0.3 is 191 Å². The Morgan fingerprint density at radius 2 is 1.14 bits per heavy atom. The van der Waals surface area contributed by atoms with Gasteiger partial charge in [-0.25, -0.2) is 4.79 Å². The van der Waals surface area contributed by atoms with Gasteiger partial charge in [-0.1, -0.05) is 0 Å². The van der Waals surface area contributed by atoms with Gasteiger partial charge in [0.1, 0.15) is 0 Å². The molecule has 2 unspecified atom stereocenters. The van der Waals surface area contributed by atoms with Gasteiger partial charge in [0.25, 0.3) is 0 Å². The molecule has 0 spiro atoms. The molecule has 7 nitrogen and oxygen atoms in total. The summed E-state index contributed by atoms with van der Waals surface area (Å²) in [6.07, 6.45) is -1.69. The monoisotopic (exact) mass is 318 g/mol. The first-order valence-corrected chi connectivity index (χ1v) is 3.71. The summed E-state index contributed by atoms with van der Waals surface area (Å²) >= 11 is -5.66. The van der Waals surface area contributed by atoms with Gasteiger partial charge in [0.2, 0.25) is 0 Å². The molecule has 0 radical (unpaired) electrons. The normalized spacial score (nSPS) is 11.0. The minimum absolute atomic E-state index is 0. The van der Waals surface area contributed by atoms with Gasteiger partial charge in [-0.2, -0.15) is 8.42 Å². The molecule has 2 N–H and O–H groups in total. The summed E-state index contributed by atoms with van der Waals surface area (Å²) in [7, 11) is 0. The van der Waals surface area contributed by atoms with E-state index in [4.69, 9.17) is 9.11 Å². The molecule has 0 heterocycles. The number of rotatable bonds is 2. The van der Waals surface area contributed by atoms with Gasteiger partial charge in [0, 0.05) is 0 Å². The molecule has 68 valence electrons. The van der Waals surface area contributed by atoms with E-state index >= 15 is 0 Å². The van der Waals surface area contributed by atoms with E-state index in [-0.39, 0.29) is 162 Å². The van der Waals surface area contributed by atoms with Crippen molar-refractivity contribution in [2.24, 2.45) is 0 Å². The van der Waals surface area contributed by atoms with Gasteiger partial charge < -0.3 is 8.37 Å². The van der Waals surface area contributed by atoms with Gasteiger partial charge in [-0.05, 0) is 0 Å². The predicted molar refractivity (Wildman–Crippen MR) is 57.7 cm³/mol. The van der Waals surface area contributed by atoms with Crippen LogP contribution < -0.4 is 0 Å². The van der Waals surface area contributed by atoms with Crippen molar-refractivity contribution in [2.45, 2.75) is 0 Å². The Morgan fingerprint density at radius 1 is 0.929 bits per heavy atom. The second-order valence-electron chi connectivity index (χ2n) is 0.851. The van der Waals surface area contributed by atoms with Crippen LogP contribution in [-0.2, 0) is 31.1 Å². The van der Waals surface area contributed by atoms with Crippen LogP contribution in [-0.4, -0.2) is 186 Å². The van der Waals surface area contributed by atoms with E-state index in [1.807, 2.05) is 0 Å². The molecule has 0 rings (SSSR count). The fourth-order valence-corrected chi connectivity index (χ4v) is 0.474. The molecular weight excluding hydrogens is 312 g/mol. The van der Waals surface area contributed by atoms with Gasteiger partial charge in [-0.3, -0.25) is 9.11 Å². The van der Waals surface area contributed by atoms with Crippen LogP contribution in [0.25, 0.3) is 0 Å². The fourth-order valence-electron chi connectivity index (χ4n) is 0.130. The molecule has 0 fully saturated rings. The third-order valence-corrected chi connectivity index (χ3v) is 0.836. The van der Waals surface area contributed by atoms with Crippen LogP contribution in [0.3, 0.4) is 0 Å². The van der Waals surface area contributed by atoms with Crippen LogP contribution >= 0.6 is 0 Å². The van der Waals surface area contributed by atoms with Crippen LogP contribution in [0.15, 0.2) is 0 Å². The molecule has 0 aliphatic rings. The molecule has 0 aromatic rings. The van der Waals surface area contributed by atoms with Crippen molar-refractivity contribution in [1.29, 1.82) is 0 Å². The topological polar surface area (TPSA) is 110 Å². The zero-order chi connectivity index (χ0) is 8.15. The second kappa shape index (κ2) is 20.1. The van der Waals surface area contributed by atoms with Crippen LogP contribution in [0.1, 0.15) is 0 Å². The Labute approximate surface area is 215 Å². The van der Waals surface area contributed by atoms with Crippen molar-refractivity contribution in [3.05, 3.63) is 0 Å². The zero-order valence-corrected chi connectivity index (χ0v) is 5.89. The number of carbonyl (C=O) groups is 1. The molecule has 14 heavy (non-hydrogen) atoms. The number of hydrogen-bond donors (Lipinski definition) is 2. The Hall–Kier alpha value is 4.76. The van der Waals surface area contributed by atoms with Gasteiger partial charge in [0.05, 0.1) is 0 Å². The van der Waals surface area contributed by atoms with Crippen LogP contribution in [0.2, 0.25) is 0 Å². The first-order chi connectivity index (χ1) is 4.52. The molecule has 13 heteroatoms. The summed E-state index contributed by atoms with van der Waals surface area (Å²) in [4.78, 5) is 9.91. The Bertz CT molecular complexity index is 171. The van der Waals surface area contributed by atoms with Crippen molar-refractivity contribution < 1.29 is 30.7 Å². The van der Waals surface area contributed by atoms with Crippen molar-refractivity contribution in [2.75, 3.05) is 0 Å². The van der Waals surface area contributed by atoms with Crippen LogP contribution in [0.5, 0.6) is 0 Å². The molecule has 0 bridgehead atoms. The summed E-state index contributed by atoms with van der Waals surface area (Å²) in [5.74, 6) is 0. The van der Waals surface area contributed by atoms with E-state index in [0.717, 1.165) is 0 Å². The summed E-state index contributed by atoms with van der Waals surface area (Å²) < 4.78 is 41.6. The van der Waals surface area contributed by atoms with E-state index in [1.165, 1.54) is 0 Å². The second-order valence-corrected chi connectivity index (χ2v) is 2.05. The molecular formula is CH6K2Na2O7S2. The first-order valence-electron chi connectivity index (χ1n) is 1.64. The van der Waals surface area contributed by atoms with Gasteiger partial charge in [0.15, 0.2) is 0 Å². The maximum atomic E-state index is 9.91.